The van der Waals surface area contributed by atoms with E-state index in [1.807, 2.05) is 12.1 Å². The van der Waals surface area contributed by atoms with Crippen LogP contribution in [-0.4, -0.2) is 0 Å². The van der Waals surface area contributed by atoms with Gasteiger partial charge in [0.2, 0.25) is 0 Å². The van der Waals surface area contributed by atoms with Crippen molar-refractivity contribution in [3.8, 4) is 55.6 Å². The largest absolute Gasteiger partial charge is 0.456 e. The molecule has 0 N–H and O–H groups in total. The summed E-state index contributed by atoms with van der Waals surface area (Å²) < 4.78 is 6.31. The minimum atomic E-state index is -0.103. The number of nitrogens with zero attached hydrogens (tertiary/aromatic N) is 1. The summed E-state index contributed by atoms with van der Waals surface area (Å²) in [5.74, 6) is 0. The fourth-order valence-electron chi connectivity index (χ4n) is 9.30. The Balaban J connectivity index is 1.04. The first kappa shape index (κ1) is 34.8. The number of rotatable bonds is 7. The first-order chi connectivity index (χ1) is 29.0. The third-order valence-corrected chi connectivity index (χ3v) is 12.3. The van der Waals surface area contributed by atoms with Crippen LogP contribution in [0.1, 0.15) is 25.0 Å². The topological polar surface area (TPSA) is 16.4 Å². The summed E-state index contributed by atoms with van der Waals surface area (Å²) in [4.78, 5) is 2.39. The molecule has 280 valence electrons. The monoisotopic (exact) mass is 755 g/mol. The van der Waals surface area contributed by atoms with Crippen molar-refractivity contribution in [2.45, 2.75) is 19.3 Å². The minimum absolute atomic E-state index is 0.103. The fraction of sp³-hybridized carbons (Fsp3) is 0.0526. The van der Waals surface area contributed by atoms with E-state index in [9.17, 15) is 0 Å². The maximum absolute atomic E-state index is 6.31. The first-order valence-electron chi connectivity index (χ1n) is 20.4. The van der Waals surface area contributed by atoms with E-state index in [4.69, 9.17) is 4.42 Å². The van der Waals surface area contributed by atoms with Gasteiger partial charge in [0.25, 0.3) is 0 Å². The highest BCUT2D eigenvalue weighted by Gasteiger charge is 2.36. The number of para-hydroxylation sites is 1. The highest BCUT2D eigenvalue weighted by Crippen LogP contribution is 2.51. The van der Waals surface area contributed by atoms with Crippen LogP contribution in [0.3, 0.4) is 0 Å². The summed E-state index contributed by atoms with van der Waals surface area (Å²) in [5, 5.41) is 2.26. The average molecular weight is 756 g/mol. The van der Waals surface area contributed by atoms with Crippen molar-refractivity contribution in [1.82, 2.24) is 0 Å². The Bertz CT molecular complexity index is 3190. The molecule has 9 aromatic carbocycles. The second kappa shape index (κ2) is 13.9. The van der Waals surface area contributed by atoms with Gasteiger partial charge in [-0.2, -0.15) is 0 Å². The summed E-state index contributed by atoms with van der Waals surface area (Å²) >= 11 is 0. The SMILES string of the molecule is CC1(C)c2ccc(-c3cccc(N(c4cccc(-c5ccccc5)c4)c4cccc(-c5cccc6oc7ccccc7c56)c4)c3)cc2-c2ccc(-c3ccccc3)cc21. The molecular weight excluding hydrogens is 715 g/mol. The third kappa shape index (κ3) is 5.96. The highest BCUT2D eigenvalue weighted by atomic mass is 16.3. The zero-order chi connectivity index (χ0) is 39.5. The van der Waals surface area contributed by atoms with Gasteiger partial charge >= 0.3 is 0 Å². The summed E-state index contributed by atoms with van der Waals surface area (Å²) in [6.07, 6.45) is 0. The zero-order valence-electron chi connectivity index (χ0n) is 33.1. The van der Waals surface area contributed by atoms with E-state index in [1.165, 1.54) is 55.6 Å². The molecule has 59 heavy (non-hydrogen) atoms. The third-order valence-electron chi connectivity index (χ3n) is 12.3. The molecule has 0 saturated carbocycles. The molecular formula is C57H41NO. The molecule has 0 bridgehead atoms. The lowest BCUT2D eigenvalue weighted by Crippen LogP contribution is -2.15. The molecule has 10 aromatic rings. The van der Waals surface area contributed by atoms with Gasteiger partial charge in [0, 0.05) is 33.2 Å². The van der Waals surface area contributed by atoms with Gasteiger partial charge in [0.1, 0.15) is 11.2 Å². The van der Waals surface area contributed by atoms with E-state index in [-0.39, 0.29) is 5.41 Å². The molecule has 2 nitrogen and oxygen atoms in total. The lowest BCUT2D eigenvalue weighted by atomic mass is 9.81. The summed E-state index contributed by atoms with van der Waals surface area (Å²) in [6, 6.07) is 76.9. The Morgan fingerprint density at radius 1 is 0.339 bits per heavy atom. The lowest BCUT2D eigenvalue weighted by Gasteiger charge is -2.27. The first-order valence-corrected chi connectivity index (χ1v) is 20.4. The highest BCUT2D eigenvalue weighted by molar-refractivity contribution is 6.12. The van der Waals surface area contributed by atoms with Crippen LogP contribution in [0.4, 0.5) is 17.1 Å². The molecule has 1 heterocycles. The maximum atomic E-state index is 6.31. The van der Waals surface area contributed by atoms with Crippen molar-refractivity contribution >= 4 is 39.0 Å². The fourth-order valence-corrected chi connectivity index (χ4v) is 9.30. The van der Waals surface area contributed by atoms with Crippen molar-refractivity contribution in [3.05, 3.63) is 223 Å². The summed E-state index contributed by atoms with van der Waals surface area (Å²) in [5.41, 5.74) is 19.9. The van der Waals surface area contributed by atoms with Gasteiger partial charge in [0.05, 0.1) is 0 Å². The van der Waals surface area contributed by atoms with Crippen molar-refractivity contribution in [1.29, 1.82) is 0 Å². The van der Waals surface area contributed by atoms with Gasteiger partial charge in [-0.25, -0.2) is 0 Å². The predicted molar refractivity (Wildman–Crippen MR) is 248 cm³/mol. The number of benzene rings is 9. The molecule has 1 aromatic heterocycles. The number of furan rings is 1. The number of hydrogen-bond donors (Lipinski definition) is 0. The van der Waals surface area contributed by atoms with Gasteiger partial charge in [-0.3, -0.25) is 0 Å². The summed E-state index contributed by atoms with van der Waals surface area (Å²) in [6.45, 7) is 4.72. The van der Waals surface area contributed by atoms with Crippen LogP contribution in [0.5, 0.6) is 0 Å². The summed E-state index contributed by atoms with van der Waals surface area (Å²) in [7, 11) is 0. The van der Waals surface area contributed by atoms with Crippen LogP contribution in [0.2, 0.25) is 0 Å². The van der Waals surface area contributed by atoms with E-state index in [0.29, 0.717) is 0 Å². The van der Waals surface area contributed by atoms with Crippen molar-refractivity contribution in [3.63, 3.8) is 0 Å². The number of anilines is 3. The Morgan fingerprint density at radius 3 is 1.54 bits per heavy atom. The molecule has 0 spiro atoms. The smallest absolute Gasteiger partial charge is 0.136 e. The van der Waals surface area contributed by atoms with E-state index in [0.717, 1.165) is 50.1 Å². The Kier molecular flexibility index (Phi) is 8.20. The molecule has 0 fully saturated rings. The van der Waals surface area contributed by atoms with E-state index >= 15 is 0 Å². The molecule has 2 heteroatoms. The minimum Gasteiger partial charge on any atom is -0.456 e. The molecule has 0 atom stereocenters. The van der Waals surface area contributed by atoms with Gasteiger partial charge in [-0.15, -0.1) is 0 Å². The molecule has 1 aliphatic rings. The van der Waals surface area contributed by atoms with E-state index < -0.39 is 0 Å². The van der Waals surface area contributed by atoms with Crippen molar-refractivity contribution in [2.75, 3.05) is 4.90 Å². The normalized spacial score (nSPS) is 12.7. The van der Waals surface area contributed by atoms with Gasteiger partial charge in [-0.05, 0) is 127 Å². The molecule has 1 aliphatic carbocycles. The van der Waals surface area contributed by atoms with Crippen LogP contribution in [0.15, 0.2) is 217 Å². The van der Waals surface area contributed by atoms with Gasteiger partial charge < -0.3 is 9.32 Å². The van der Waals surface area contributed by atoms with Gasteiger partial charge in [-0.1, -0.05) is 166 Å². The molecule has 0 radical (unpaired) electrons. The lowest BCUT2D eigenvalue weighted by molar-refractivity contribution is 0.660. The maximum Gasteiger partial charge on any atom is 0.136 e. The van der Waals surface area contributed by atoms with Crippen LogP contribution in [0, 0.1) is 0 Å². The molecule has 0 saturated heterocycles. The number of hydrogen-bond acceptors (Lipinski definition) is 2. The Morgan fingerprint density at radius 2 is 0.847 bits per heavy atom. The second-order valence-electron chi connectivity index (χ2n) is 16.1. The van der Waals surface area contributed by atoms with Crippen LogP contribution in [-0.2, 0) is 5.41 Å². The predicted octanol–water partition coefficient (Wildman–Crippen LogP) is 16.0. The van der Waals surface area contributed by atoms with Crippen molar-refractivity contribution < 1.29 is 4.42 Å². The number of fused-ring (bicyclic) bond motifs is 6. The van der Waals surface area contributed by atoms with Crippen molar-refractivity contribution in [2.24, 2.45) is 0 Å². The van der Waals surface area contributed by atoms with E-state index in [1.54, 1.807) is 0 Å². The Labute approximate surface area is 345 Å². The molecule has 0 unspecified atom stereocenters. The molecule has 0 amide bonds. The quantitative estimate of drug-likeness (QED) is 0.161. The van der Waals surface area contributed by atoms with Crippen LogP contribution in [0.25, 0.3) is 77.6 Å². The average Bonchev–Trinajstić information content (AvgIpc) is 3.79. The standard InChI is InChI=1S/C57H41NO/c1-57(2)52-32-30-42(36-51(52)49-31-29-43(37-53(49)57)39-17-7-4-8-18-39)41-20-12-23-46(34-41)58(45-22-11-19-40(33-45)38-15-5-3-6-16-38)47-24-13-21-44(35-47)48-26-14-28-55-56(48)50-25-9-10-27-54(50)59-55/h3-37H,1-2H3. The Hall–Kier alpha value is -7.42. The van der Waals surface area contributed by atoms with Crippen LogP contribution >= 0.6 is 0 Å². The van der Waals surface area contributed by atoms with Gasteiger partial charge in [0.15, 0.2) is 0 Å². The molecule has 11 rings (SSSR count). The zero-order valence-corrected chi connectivity index (χ0v) is 33.1. The second-order valence-corrected chi connectivity index (χ2v) is 16.1. The van der Waals surface area contributed by atoms with Crippen LogP contribution < -0.4 is 4.90 Å². The van der Waals surface area contributed by atoms with E-state index in [2.05, 4.69) is 219 Å². The molecule has 0 aliphatic heterocycles.